The Labute approximate surface area is 172 Å². The van der Waals surface area contributed by atoms with Crippen molar-refractivity contribution in [2.45, 2.75) is 13.1 Å². The van der Waals surface area contributed by atoms with Crippen LogP contribution in [0.2, 0.25) is 5.02 Å². The fourth-order valence-corrected chi connectivity index (χ4v) is 2.76. The quantitative estimate of drug-likeness (QED) is 0.600. The molecule has 3 rings (SSSR count). The van der Waals surface area contributed by atoms with Gasteiger partial charge in [0.2, 0.25) is 11.7 Å². The number of carbonyl (C=O) groups is 1. The normalized spacial score (nSPS) is 10.5. The summed E-state index contributed by atoms with van der Waals surface area (Å²) in [6, 6.07) is 10.5. The van der Waals surface area contributed by atoms with Crippen molar-refractivity contribution in [1.82, 2.24) is 25.5 Å². The highest BCUT2D eigenvalue weighted by atomic mass is 35.5. The van der Waals surface area contributed by atoms with Crippen LogP contribution in [0.25, 0.3) is 11.4 Å². The number of aromatic nitrogens is 4. The molecule has 3 aromatic rings. The van der Waals surface area contributed by atoms with Gasteiger partial charge in [0, 0.05) is 28.8 Å². The Morgan fingerprint density at radius 2 is 1.69 bits per heavy atom. The molecule has 10 heteroatoms. The zero-order valence-corrected chi connectivity index (χ0v) is 16.9. The third-order valence-corrected chi connectivity index (χ3v) is 4.35. The van der Waals surface area contributed by atoms with Crippen molar-refractivity contribution in [2.75, 3.05) is 21.3 Å². The zero-order valence-electron chi connectivity index (χ0n) is 16.2. The van der Waals surface area contributed by atoms with Gasteiger partial charge in [-0.3, -0.25) is 4.79 Å². The lowest BCUT2D eigenvalue weighted by atomic mass is 10.1. The van der Waals surface area contributed by atoms with Crippen LogP contribution in [-0.4, -0.2) is 47.4 Å². The predicted octanol–water partition coefficient (Wildman–Crippen LogP) is 2.34. The predicted molar refractivity (Wildman–Crippen MR) is 106 cm³/mol. The first-order chi connectivity index (χ1) is 14.0. The molecular formula is C19H20ClN5O4. The maximum Gasteiger partial charge on any atom is 0.243 e. The summed E-state index contributed by atoms with van der Waals surface area (Å²) in [4.78, 5) is 13.5. The molecule has 1 N–H and O–H groups in total. The topological polar surface area (TPSA) is 100 Å². The van der Waals surface area contributed by atoms with Crippen LogP contribution in [0.3, 0.4) is 0 Å². The number of nitrogens with one attached hydrogen (secondary N) is 1. The minimum atomic E-state index is -0.276. The molecule has 0 aliphatic rings. The van der Waals surface area contributed by atoms with Gasteiger partial charge in [-0.25, -0.2) is 0 Å². The van der Waals surface area contributed by atoms with E-state index in [9.17, 15) is 4.79 Å². The third kappa shape index (κ3) is 4.94. The van der Waals surface area contributed by atoms with Crippen molar-refractivity contribution in [2.24, 2.45) is 0 Å². The number of amides is 1. The first-order valence-electron chi connectivity index (χ1n) is 8.63. The Bertz CT molecular complexity index is 991. The van der Waals surface area contributed by atoms with Crippen molar-refractivity contribution in [1.29, 1.82) is 0 Å². The number of carbonyl (C=O) groups excluding carboxylic acids is 1. The molecule has 0 spiro atoms. The van der Waals surface area contributed by atoms with E-state index in [1.165, 1.54) is 4.80 Å². The van der Waals surface area contributed by atoms with Crippen molar-refractivity contribution in [3.63, 3.8) is 0 Å². The molecule has 0 radical (unpaired) electrons. The van der Waals surface area contributed by atoms with Crippen LogP contribution in [0.1, 0.15) is 5.56 Å². The number of hydrogen-bond acceptors (Lipinski definition) is 7. The molecular weight excluding hydrogens is 398 g/mol. The van der Waals surface area contributed by atoms with E-state index in [-0.39, 0.29) is 19.0 Å². The van der Waals surface area contributed by atoms with Gasteiger partial charge in [0.1, 0.15) is 12.3 Å². The highest BCUT2D eigenvalue weighted by Crippen LogP contribution is 2.34. The molecule has 0 saturated carbocycles. The van der Waals surface area contributed by atoms with E-state index in [0.29, 0.717) is 28.1 Å². The van der Waals surface area contributed by atoms with E-state index in [1.54, 1.807) is 57.7 Å². The Hall–Kier alpha value is -3.33. The fraction of sp³-hybridized carbons (Fsp3) is 0.263. The van der Waals surface area contributed by atoms with Crippen LogP contribution in [-0.2, 0) is 17.9 Å². The van der Waals surface area contributed by atoms with E-state index in [4.69, 9.17) is 25.8 Å². The second-order valence-electron chi connectivity index (χ2n) is 5.95. The molecule has 1 aromatic heterocycles. The number of hydrogen-bond donors (Lipinski definition) is 1. The van der Waals surface area contributed by atoms with E-state index in [2.05, 4.69) is 20.7 Å². The lowest BCUT2D eigenvalue weighted by molar-refractivity contribution is -0.122. The van der Waals surface area contributed by atoms with Crippen LogP contribution < -0.4 is 19.5 Å². The average molecular weight is 418 g/mol. The Morgan fingerprint density at radius 1 is 1.03 bits per heavy atom. The molecule has 0 fully saturated rings. The van der Waals surface area contributed by atoms with Crippen LogP contribution in [0, 0.1) is 0 Å². The van der Waals surface area contributed by atoms with Gasteiger partial charge in [-0.05, 0) is 35.5 Å². The Balaban J connectivity index is 1.64. The maximum atomic E-state index is 12.3. The van der Waals surface area contributed by atoms with Crippen LogP contribution in [0.15, 0.2) is 36.4 Å². The molecule has 9 nitrogen and oxygen atoms in total. The first-order valence-corrected chi connectivity index (χ1v) is 9.01. The number of halogens is 1. The van der Waals surface area contributed by atoms with Crippen molar-refractivity contribution in [3.05, 3.63) is 47.0 Å². The molecule has 1 heterocycles. The van der Waals surface area contributed by atoms with Crippen LogP contribution in [0.4, 0.5) is 0 Å². The monoisotopic (exact) mass is 417 g/mol. The Morgan fingerprint density at radius 3 is 2.34 bits per heavy atom. The first kappa shape index (κ1) is 20.4. The van der Waals surface area contributed by atoms with Crippen molar-refractivity contribution < 1.29 is 19.0 Å². The summed E-state index contributed by atoms with van der Waals surface area (Å²) >= 11 is 5.88. The van der Waals surface area contributed by atoms with E-state index in [0.717, 1.165) is 11.1 Å². The number of tetrazole rings is 1. The van der Waals surface area contributed by atoms with E-state index in [1.807, 2.05) is 0 Å². The van der Waals surface area contributed by atoms with E-state index < -0.39 is 0 Å². The highest BCUT2D eigenvalue weighted by Gasteiger charge is 2.14. The zero-order chi connectivity index (χ0) is 20.8. The summed E-state index contributed by atoms with van der Waals surface area (Å²) in [6.45, 7) is 0.164. The number of rotatable bonds is 8. The summed E-state index contributed by atoms with van der Waals surface area (Å²) in [5, 5.41) is 15.5. The molecule has 0 atom stereocenters. The largest absolute Gasteiger partial charge is 0.496 e. The second-order valence-corrected chi connectivity index (χ2v) is 6.38. The van der Waals surface area contributed by atoms with Gasteiger partial charge >= 0.3 is 0 Å². The molecule has 0 bridgehead atoms. The van der Waals surface area contributed by atoms with Gasteiger partial charge in [-0.1, -0.05) is 11.6 Å². The number of methoxy groups -OCH3 is 3. The molecule has 0 saturated heterocycles. The summed E-state index contributed by atoms with van der Waals surface area (Å²) in [7, 11) is 4.63. The summed E-state index contributed by atoms with van der Waals surface area (Å²) < 4.78 is 15.9. The molecule has 29 heavy (non-hydrogen) atoms. The number of benzene rings is 2. The van der Waals surface area contributed by atoms with Gasteiger partial charge in [-0.15, -0.1) is 10.2 Å². The van der Waals surface area contributed by atoms with Gasteiger partial charge in [0.15, 0.2) is 11.5 Å². The molecule has 0 unspecified atom stereocenters. The SMILES string of the molecule is COc1cc(OC)c(OC)cc1CNC(=O)Cn1nnc(-c2ccc(Cl)cc2)n1. The second kappa shape index (κ2) is 9.24. The smallest absolute Gasteiger partial charge is 0.243 e. The van der Waals surface area contributed by atoms with Crippen LogP contribution in [0.5, 0.6) is 17.2 Å². The van der Waals surface area contributed by atoms with E-state index >= 15 is 0 Å². The molecule has 152 valence electrons. The average Bonchev–Trinajstić information content (AvgIpc) is 3.20. The number of ether oxygens (including phenoxy) is 3. The molecule has 0 aliphatic heterocycles. The third-order valence-electron chi connectivity index (χ3n) is 4.10. The van der Waals surface area contributed by atoms with Gasteiger partial charge in [-0.2, -0.15) is 4.80 Å². The fourth-order valence-electron chi connectivity index (χ4n) is 2.63. The summed E-state index contributed by atoms with van der Waals surface area (Å²) in [5.41, 5.74) is 1.50. The molecule has 2 aromatic carbocycles. The minimum absolute atomic E-state index is 0.0732. The van der Waals surface area contributed by atoms with Crippen LogP contribution >= 0.6 is 11.6 Å². The summed E-state index contributed by atoms with van der Waals surface area (Å²) in [5.74, 6) is 1.80. The highest BCUT2D eigenvalue weighted by molar-refractivity contribution is 6.30. The molecule has 1 amide bonds. The standard InChI is InChI=1S/C19H20ClN5O4/c1-27-15-9-17(29-3)16(28-2)8-13(15)10-21-18(26)11-25-23-19(22-24-25)12-4-6-14(20)7-5-12/h4-9H,10-11H2,1-3H3,(H,21,26). The lowest BCUT2D eigenvalue weighted by Gasteiger charge is -2.14. The summed E-state index contributed by atoms with van der Waals surface area (Å²) in [6.07, 6.45) is 0. The van der Waals surface area contributed by atoms with Gasteiger partial charge < -0.3 is 19.5 Å². The number of nitrogens with zero attached hydrogens (tertiary/aromatic N) is 4. The lowest BCUT2D eigenvalue weighted by Crippen LogP contribution is -2.28. The van der Waals surface area contributed by atoms with Gasteiger partial charge in [0.25, 0.3) is 0 Å². The van der Waals surface area contributed by atoms with Gasteiger partial charge in [0.05, 0.1) is 21.3 Å². The van der Waals surface area contributed by atoms with Crippen molar-refractivity contribution in [3.8, 4) is 28.6 Å². The maximum absolute atomic E-state index is 12.3. The Kier molecular flexibility index (Phi) is 6.50. The van der Waals surface area contributed by atoms with Crippen molar-refractivity contribution >= 4 is 17.5 Å². The minimum Gasteiger partial charge on any atom is -0.496 e. The molecule has 0 aliphatic carbocycles.